The number of aryl methyl sites for hydroxylation is 2. The summed E-state index contributed by atoms with van der Waals surface area (Å²) in [6, 6.07) is 12.8. The van der Waals surface area contributed by atoms with Gasteiger partial charge in [-0.05, 0) is 134 Å². The Hall–Kier alpha value is -5.18. The van der Waals surface area contributed by atoms with Crippen LogP contribution in [0.4, 0.5) is 38.5 Å². The molecule has 0 unspecified atom stereocenters. The van der Waals surface area contributed by atoms with Gasteiger partial charge in [-0.3, -0.25) is 14.4 Å². The third kappa shape index (κ3) is 10.5. The first kappa shape index (κ1) is 43.2. The molecule has 0 radical (unpaired) electrons. The van der Waals surface area contributed by atoms with Crippen molar-refractivity contribution in [3.05, 3.63) is 128 Å². The maximum Gasteiger partial charge on any atom is 0.315 e. The normalized spacial score (nSPS) is 14.7. The molecule has 2 aliphatic rings. The number of fused-ring (bicyclic) bond motifs is 2. The molecule has 0 heterocycles. The van der Waals surface area contributed by atoms with Gasteiger partial charge in [0.1, 0.15) is 23.3 Å². The van der Waals surface area contributed by atoms with E-state index in [2.05, 4.69) is 26.6 Å². The lowest BCUT2D eigenvalue weighted by Crippen LogP contribution is -2.35. The molecule has 5 amide bonds. The molecule has 16 heteroatoms. The molecule has 0 saturated carbocycles. The summed E-state index contributed by atoms with van der Waals surface area (Å²) in [4.78, 5) is 46.1. The second kappa shape index (κ2) is 19.2. The molecule has 2 aliphatic carbocycles. The minimum atomic E-state index is -0.523. The van der Waals surface area contributed by atoms with Crippen molar-refractivity contribution >= 4 is 58.6 Å². The zero-order chi connectivity index (χ0) is 39.0. The minimum absolute atomic E-state index is 0. The molecular formula is C38H40Cl2F4N6O4. The second-order valence-electron chi connectivity index (χ2n) is 12.3. The van der Waals surface area contributed by atoms with Crippen LogP contribution in [0, 0.1) is 37.1 Å². The van der Waals surface area contributed by atoms with Crippen LogP contribution in [-0.2, 0) is 12.8 Å². The summed E-state index contributed by atoms with van der Waals surface area (Å²) < 4.78 is 54.8. The van der Waals surface area contributed by atoms with Crippen LogP contribution in [0.15, 0.2) is 60.7 Å². The molecule has 0 spiro atoms. The van der Waals surface area contributed by atoms with E-state index in [-0.39, 0.29) is 41.8 Å². The number of halogens is 6. The number of hydrogen-bond acceptors (Lipinski definition) is 5. The third-order valence-electron chi connectivity index (χ3n) is 8.77. The Bertz CT molecular complexity index is 2050. The summed E-state index contributed by atoms with van der Waals surface area (Å²) in [5.41, 5.74) is 10.5. The highest BCUT2D eigenvalue weighted by molar-refractivity contribution is 6.62. The summed E-state index contributed by atoms with van der Waals surface area (Å²) in [7, 11) is 2.95. The van der Waals surface area contributed by atoms with E-state index in [1.165, 1.54) is 68.7 Å². The Morgan fingerprint density at radius 1 is 0.667 bits per heavy atom. The maximum atomic E-state index is 14.3. The fourth-order valence-corrected chi connectivity index (χ4v) is 6.11. The summed E-state index contributed by atoms with van der Waals surface area (Å²) >= 11 is 4.71. The van der Waals surface area contributed by atoms with Crippen LogP contribution < -0.4 is 32.3 Å². The van der Waals surface area contributed by atoms with Gasteiger partial charge in [-0.1, -0.05) is 0 Å². The summed E-state index contributed by atoms with van der Waals surface area (Å²) in [6.45, 7) is 3.23. The van der Waals surface area contributed by atoms with Crippen LogP contribution in [-0.4, -0.2) is 37.3 Å². The molecule has 2 atom stereocenters. The Kier molecular flexibility index (Phi) is 15.4. The van der Waals surface area contributed by atoms with Gasteiger partial charge in [0.2, 0.25) is 0 Å². The van der Waals surface area contributed by atoms with Gasteiger partial charge >= 0.3 is 11.4 Å². The maximum absolute atomic E-state index is 14.3. The Morgan fingerprint density at radius 3 is 1.54 bits per heavy atom. The lowest BCUT2D eigenvalue weighted by molar-refractivity contribution is 0.101. The first-order valence-electron chi connectivity index (χ1n) is 16.5. The van der Waals surface area contributed by atoms with E-state index in [1.54, 1.807) is 19.9 Å². The van der Waals surface area contributed by atoms with Crippen LogP contribution in [0.3, 0.4) is 0 Å². The molecule has 0 aromatic heterocycles. The predicted octanol–water partition coefficient (Wildman–Crippen LogP) is 7.90. The Labute approximate surface area is 321 Å². The van der Waals surface area contributed by atoms with Gasteiger partial charge in [-0.25, -0.2) is 22.4 Å². The van der Waals surface area contributed by atoms with E-state index in [0.29, 0.717) is 81.6 Å². The first-order chi connectivity index (χ1) is 25.1. The molecule has 0 aliphatic heterocycles. The number of anilines is 2. The number of carbonyl (C=O) groups excluding carboxylic acids is 4. The van der Waals surface area contributed by atoms with E-state index < -0.39 is 29.2 Å². The SMILES string of the molecule is CNC(=O)Cl.CNC(=O)N[C@H]1CCc2c(C(=O)Nc3ccc(F)c(C)c3)ccc(F)c21.Cc1cc(NC(=O)c2ccc(F)c3c2CC[C@@H]3N)ccc1F.Cl. The minimum Gasteiger partial charge on any atom is -0.346 e. The van der Waals surface area contributed by atoms with E-state index in [9.17, 15) is 36.7 Å². The van der Waals surface area contributed by atoms with Gasteiger partial charge in [0.15, 0.2) is 0 Å². The Balaban J connectivity index is 0.000000256. The molecule has 0 saturated heterocycles. The molecule has 0 fully saturated rings. The van der Waals surface area contributed by atoms with E-state index in [1.807, 2.05) is 0 Å². The highest BCUT2D eigenvalue weighted by Gasteiger charge is 2.31. The van der Waals surface area contributed by atoms with Crippen molar-refractivity contribution in [1.82, 2.24) is 16.0 Å². The number of nitrogens with one attached hydrogen (secondary N) is 5. The zero-order valence-electron chi connectivity index (χ0n) is 29.8. The summed E-state index contributed by atoms with van der Waals surface area (Å²) in [5, 5.41) is 12.2. The second-order valence-corrected chi connectivity index (χ2v) is 12.6. The molecule has 4 aromatic carbocycles. The van der Waals surface area contributed by atoms with E-state index in [0.717, 1.165) is 0 Å². The lowest BCUT2D eigenvalue weighted by Gasteiger charge is -2.15. The third-order valence-corrected chi connectivity index (χ3v) is 8.95. The summed E-state index contributed by atoms with van der Waals surface area (Å²) in [6.07, 6.45) is 2.21. The van der Waals surface area contributed by atoms with Crippen molar-refractivity contribution in [2.24, 2.45) is 5.73 Å². The van der Waals surface area contributed by atoms with Gasteiger partial charge < -0.3 is 32.3 Å². The van der Waals surface area contributed by atoms with Crippen molar-refractivity contribution in [3.8, 4) is 0 Å². The van der Waals surface area contributed by atoms with Crippen LogP contribution in [0.2, 0.25) is 0 Å². The van der Waals surface area contributed by atoms with Crippen LogP contribution in [0.25, 0.3) is 0 Å². The fourth-order valence-electron chi connectivity index (χ4n) is 6.11. The molecule has 6 rings (SSSR count). The Morgan fingerprint density at radius 2 is 1.09 bits per heavy atom. The van der Waals surface area contributed by atoms with E-state index >= 15 is 0 Å². The number of urea groups is 1. The predicted molar refractivity (Wildman–Crippen MR) is 202 cm³/mol. The van der Waals surface area contributed by atoms with Crippen molar-refractivity contribution in [2.45, 2.75) is 51.6 Å². The molecule has 10 nitrogen and oxygen atoms in total. The highest BCUT2D eigenvalue weighted by atomic mass is 35.5. The number of carbonyl (C=O) groups is 4. The molecule has 0 bridgehead atoms. The average molecular weight is 792 g/mol. The smallest absolute Gasteiger partial charge is 0.315 e. The van der Waals surface area contributed by atoms with Gasteiger partial charge in [-0.2, -0.15) is 0 Å². The molecule has 7 N–H and O–H groups in total. The van der Waals surface area contributed by atoms with Gasteiger partial charge in [0.25, 0.3) is 11.8 Å². The number of amides is 5. The van der Waals surface area contributed by atoms with Crippen molar-refractivity contribution < 1.29 is 36.7 Å². The number of rotatable bonds is 5. The van der Waals surface area contributed by atoms with Gasteiger partial charge in [-0.15, -0.1) is 12.4 Å². The summed E-state index contributed by atoms with van der Waals surface area (Å²) in [5.74, 6) is -2.23. The quantitative estimate of drug-likeness (QED) is 0.0690. The molecular weight excluding hydrogens is 751 g/mol. The molecule has 288 valence electrons. The zero-order valence-corrected chi connectivity index (χ0v) is 31.3. The van der Waals surface area contributed by atoms with Crippen molar-refractivity contribution in [2.75, 3.05) is 24.7 Å². The monoisotopic (exact) mass is 790 g/mol. The lowest BCUT2D eigenvalue weighted by atomic mass is 10.0. The van der Waals surface area contributed by atoms with Crippen molar-refractivity contribution in [3.63, 3.8) is 0 Å². The fraction of sp³-hybridized carbons (Fsp3) is 0.263. The first-order valence-corrected chi connectivity index (χ1v) is 16.9. The standard InChI is InChI=1S/C19H19F2N3O2.C17H16F2N2O.C2H4ClNO.ClH/c1-10-9-11(3-6-14(10)20)23-18(25)13-4-7-15(21)17-12(13)5-8-16(17)24-19(26)22-2;1-9-8-10(2-5-13(9)18)21-17(22)12-3-6-14(19)16-11(12)4-7-15(16)20;1-4-2(3)5;/h3-4,6-7,9,16H,5,8H2,1-2H3,(H,23,25)(H2,22,24,26);2-3,5-6,8,15H,4,7,20H2,1H3,(H,21,22);1H3,(H,4,5);1H/t16-;15-;;/m00../s1. The topological polar surface area (TPSA) is 154 Å². The van der Waals surface area contributed by atoms with Crippen LogP contribution in [0.1, 0.15) is 79.0 Å². The van der Waals surface area contributed by atoms with Gasteiger partial charge in [0, 0.05) is 53.8 Å². The van der Waals surface area contributed by atoms with Crippen LogP contribution >= 0.6 is 24.0 Å². The molecule has 54 heavy (non-hydrogen) atoms. The molecule has 4 aromatic rings. The van der Waals surface area contributed by atoms with E-state index in [4.69, 9.17) is 17.3 Å². The number of benzene rings is 4. The highest BCUT2D eigenvalue weighted by Crippen LogP contribution is 2.36. The van der Waals surface area contributed by atoms with Gasteiger partial charge in [0.05, 0.1) is 6.04 Å². The number of hydrogen-bond donors (Lipinski definition) is 6. The average Bonchev–Trinajstić information content (AvgIpc) is 3.73. The largest absolute Gasteiger partial charge is 0.346 e. The number of nitrogens with two attached hydrogens (primary N) is 1. The van der Waals surface area contributed by atoms with Crippen LogP contribution in [0.5, 0.6) is 0 Å². The van der Waals surface area contributed by atoms with Crippen molar-refractivity contribution in [1.29, 1.82) is 0 Å².